The Bertz CT molecular complexity index is 606. The summed E-state index contributed by atoms with van der Waals surface area (Å²) in [6, 6.07) is 6.10. The van der Waals surface area contributed by atoms with E-state index >= 15 is 0 Å². The van der Waals surface area contributed by atoms with Gasteiger partial charge in [-0.15, -0.1) is 0 Å². The molecule has 0 radical (unpaired) electrons. The van der Waals surface area contributed by atoms with E-state index in [0.717, 1.165) is 48.3 Å². The number of nitrogens with zero attached hydrogens (tertiary/aromatic N) is 2. The van der Waals surface area contributed by atoms with E-state index in [9.17, 15) is 0 Å². The van der Waals surface area contributed by atoms with Crippen LogP contribution in [0.3, 0.4) is 0 Å². The molecule has 0 amide bonds. The van der Waals surface area contributed by atoms with Crippen LogP contribution in [0.5, 0.6) is 11.5 Å². The Kier molecular flexibility index (Phi) is 6.34. The largest absolute Gasteiger partial charge is 0.490 e. The maximum Gasteiger partial charge on any atom is 0.193 e. The minimum atomic E-state index is 0.664. The van der Waals surface area contributed by atoms with Gasteiger partial charge in [0.1, 0.15) is 0 Å². The third kappa shape index (κ3) is 4.54. The normalized spacial score (nSPS) is 21.2. The van der Waals surface area contributed by atoms with Crippen molar-refractivity contribution >= 4 is 17.7 Å². The Morgan fingerprint density at radius 1 is 1.36 bits per heavy atom. The van der Waals surface area contributed by atoms with Gasteiger partial charge in [0.2, 0.25) is 0 Å². The van der Waals surface area contributed by atoms with Crippen molar-refractivity contribution in [2.45, 2.75) is 32.1 Å². The van der Waals surface area contributed by atoms with Gasteiger partial charge in [0.15, 0.2) is 17.5 Å². The van der Waals surface area contributed by atoms with E-state index in [1.165, 1.54) is 0 Å². The lowest BCUT2D eigenvalue weighted by Crippen LogP contribution is -2.48. The average molecular weight is 364 g/mol. The standard InChI is InChI=1S/C19H29N3O2S/c1-14(2)17-13-22(8-11-25-17)19(20-3)21-12-15-6-4-7-16-18(15)24-10-5-9-23-16/h4,6-7,14,17H,5,8-13H2,1-3H3,(H,20,21). The van der Waals surface area contributed by atoms with Crippen LogP contribution in [0.1, 0.15) is 25.8 Å². The molecular formula is C19H29N3O2S. The number of aliphatic imine (C=N–C) groups is 1. The van der Waals surface area contributed by atoms with Crippen LogP contribution in [-0.2, 0) is 6.54 Å². The number of fused-ring (bicyclic) bond motifs is 1. The van der Waals surface area contributed by atoms with E-state index in [1.54, 1.807) is 0 Å². The molecule has 3 rings (SSSR count). The van der Waals surface area contributed by atoms with Crippen LogP contribution in [0, 0.1) is 5.92 Å². The molecule has 6 heteroatoms. The summed E-state index contributed by atoms with van der Waals surface area (Å²) in [4.78, 5) is 6.88. The fourth-order valence-corrected chi connectivity index (χ4v) is 4.47. The maximum absolute atomic E-state index is 5.92. The van der Waals surface area contributed by atoms with Crippen molar-refractivity contribution in [3.63, 3.8) is 0 Å². The van der Waals surface area contributed by atoms with Gasteiger partial charge in [-0.25, -0.2) is 0 Å². The molecule has 1 atom stereocenters. The molecule has 2 aliphatic rings. The van der Waals surface area contributed by atoms with Crippen LogP contribution in [0.2, 0.25) is 0 Å². The van der Waals surface area contributed by atoms with E-state index in [1.807, 2.05) is 19.2 Å². The van der Waals surface area contributed by atoms with Crippen molar-refractivity contribution < 1.29 is 9.47 Å². The minimum Gasteiger partial charge on any atom is -0.490 e. The summed E-state index contributed by atoms with van der Waals surface area (Å²) in [5, 5.41) is 4.18. The highest BCUT2D eigenvalue weighted by Gasteiger charge is 2.25. The summed E-state index contributed by atoms with van der Waals surface area (Å²) in [7, 11) is 1.86. The molecule has 1 N–H and O–H groups in total. The molecule has 0 aromatic heterocycles. The van der Waals surface area contributed by atoms with Gasteiger partial charge in [0, 0.05) is 49.7 Å². The molecule has 1 unspecified atom stereocenters. The number of nitrogens with one attached hydrogen (secondary N) is 1. The number of hydrogen-bond acceptors (Lipinski definition) is 4. The highest BCUT2D eigenvalue weighted by molar-refractivity contribution is 8.00. The molecule has 0 saturated carbocycles. The Labute approximate surface area is 155 Å². The monoisotopic (exact) mass is 363 g/mol. The Morgan fingerprint density at radius 2 is 2.20 bits per heavy atom. The lowest BCUT2D eigenvalue weighted by Gasteiger charge is -2.36. The fourth-order valence-electron chi connectivity index (χ4n) is 3.17. The molecule has 1 saturated heterocycles. The van der Waals surface area contributed by atoms with Gasteiger partial charge in [-0.2, -0.15) is 11.8 Å². The predicted molar refractivity (Wildman–Crippen MR) is 105 cm³/mol. The molecule has 0 spiro atoms. The number of benzene rings is 1. The molecule has 5 nitrogen and oxygen atoms in total. The van der Waals surface area contributed by atoms with Gasteiger partial charge in [0.05, 0.1) is 13.2 Å². The Hall–Kier alpha value is -1.56. The summed E-state index contributed by atoms with van der Waals surface area (Å²) >= 11 is 2.08. The first-order valence-corrected chi connectivity index (χ1v) is 10.2. The van der Waals surface area contributed by atoms with Crippen molar-refractivity contribution in [3.05, 3.63) is 23.8 Å². The van der Waals surface area contributed by atoms with Crippen molar-refractivity contribution in [3.8, 4) is 11.5 Å². The van der Waals surface area contributed by atoms with Gasteiger partial charge < -0.3 is 19.7 Å². The molecule has 2 aliphatic heterocycles. The van der Waals surface area contributed by atoms with Crippen molar-refractivity contribution in [1.29, 1.82) is 0 Å². The maximum atomic E-state index is 5.92. The Balaban J connectivity index is 1.66. The zero-order valence-electron chi connectivity index (χ0n) is 15.5. The van der Waals surface area contributed by atoms with Crippen LogP contribution < -0.4 is 14.8 Å². The average Bonchev–Trinajstić information content (AvgIpc) is 2.88. The highest BCUT2D eigenvalue weighted by atomic mass is 32.2. The fraction of sp³-hybridized carbons (Fsp3) is 0.632. The second-order valence-corrected chi connectivity index (χ2v) is 8.14. The van der Waals surface area contributed by atoms with Crippen LogP contribution in [0.25, 0.3) is 0 Å². The third-order valence-electron chi connectivity index (χ3n) is 4.64. The van der Waals surface area contributed by atoms with E-state index in [0.29, 0.717) is 30.9 Å². The van der Waals surface area contributed by atoms with Gasteiger partial charge in [-0.3, -0.25) is 4.99 Å². The zero-order chi connectivity index (χ0) is 17.6. The molecule has 1 fully saturated rings. The number of hydrogen-bond donors (Lipinski definition) is 1. The van der Waals surface area contributed by atoms with Crippen LogP contribution in [0.4, 0.5) is 0 Å². The van der Waals surface area contributed by atoms with E-state index in [-0.39, 0.29) is 0 Å². The molecule has 0 bridgehead atoms. The summed E-state index contributed by atoms with van der Waals surface area (Å²) in [6.07, 6.45) is 0.922. The number of rotatable bonds is 3. The van der Waals surface area contributed by atoms with Crippen molar-refractivity contribution in [2.24, 2.45) is 10.9 Å². The molecule has 1 aromatic carbocycles. The number of ether oxygens (including phenoxy) is 2. The summed E-state index contributed by atoms with van der Waals surface area (Å²) < 4.78 is 11.7. The molecule has 138 valence electrons. The molecule has 2 heterocycles. The lowest BCUT2D eigenvalue weighted by molar-refractivity contribution is 0.296. The second kappa shape index (κ2) is 8.70. The van der Waals surface area contributed by atoms with Gasteiger partial charge >= 0.3 is 0 Å². The third-order valence-corrected chi connectivity index (χ3v) is 6.18. The zero-order valence-corrected chi connectivity index (χ0v) is 16.3. The summed E-state index contributed by atoms with van der Waals surface area (Å²) in [5.74, 6) is 4.53. The predicted octanol–water partition coefficient (Wildman–Crippen LogP) is 3.00. The Morgan fingerprint density at radius 3 is 3.00 bits per heavy atom. The SMILES string of the molecule is CN=C(NCc1cccc2c1OCCCO2)N1CCSC(C(C)C)C1. The summed E-state index contributed by atoms with van der Waals surface area (Å²) in [6.45, 7) is 8.80. The van der Waals surface area contributed by atoms with Crippen molar-refractivity contribution in [2.75, 3.05) is 39.1 Å². The van der Waals surface area contributed by atoms with Gasteiger partial charge in [-0.05, 0) is 12.0 Å². The quantitative estimate of drug-likeness (QED) is 0.661. The summed E-state index contributed by atoms with van der Waals surface area (Å²) in [5.41, 5.74) is 1.12. The smallest absolute Gasteiger partial charge is 0.193 e. The van der Waals surface area contributed by atoms with Crippen LogP contribution in [-0.4, -0.2) is 55.2 Å². The van der Waals surface area contributed by atoms with E-state index < -0.39 is 0 Å². The minimum absolute atomic E-state index is 0.664. The second-order valence-electron chi connectivity index (χ2n) is 6.79. The highest BCUT2D eigenvalue weighted by Crippen LogP contribution is 2.33. The first-order valence-electron chi connectivity index (χ1n) is 9.13. The van der Waals surface area contributed by atoms with Gasteiger partial charge in [-0.1, -0.05) is 26.0 Å². The van der Waals surface area contributed by atoms with E-state index in [2.05, 4.69) is 46.9 Å². The van der Waals surface area contributed by atoms with Crippen LogP contribution in [0.15, 0.2) is 23.2 Å². The van der Waals surface area contributed by atoms with Crippen LogP contribution >= 0.6 is 11.8 Å². The number of guanidine groups is 1. The van der Waals surface area contributed by atoms with Crippen molar-refractivity contribution in [1.82, 2.24) is 10.2 Å². The van der Waals surface area contributed by atoms with E-state index in [4.69, 9.17) is 9.47 Å². The molecule has 25 heavy (non-hydrogen) atoms. The first kappa shape index (κ1) is 18.2. The molecule has 1 aromatic rings. The topological polar surface area (TPSA) is 46.1 Å². The molecule has 0 aliphatic carbocycles. The first-order chi connectivity index (χ1) is 12.2. The van der Waals surface area contributed by atoms with Gasteiger partial charge in [0.25, 0.3) is 0 Å². The number of thioether (sulfide) groups is 1. The number of para-hydroxylation sites is 1. The lowest BCUT2D eigenvalue weighted by atomic mass is 10.1. The molecular weight excluding hydrogens is 334 g/mol.